The molecule has 0 unspecified atom stereocenters. The van der Waals surface area contributed by atoms with Crippen LogP contribution in [-0.2, 0) is 4.74 Å². The second kappa shape index (κ2) is 9.20. The van der Waals surface area contributed by atoms with E-state index in [1.807, 2.05) is 6.92 Å². The van der Waals surface area contributed by atoms with Crippen LogP contribution in [0.15, 0.2) is 53.5 Å². The number of ether oxygens (including phenoxy) is 1. The number of benzene rings is 2. The van der Waals surface area contributed by atoms with E-state index < -0.39 is 6.10 Å². The summed E-state index contributed by atoms with van der Waals surface area (Å²) >= 11 is 0. The van der Waals surface area contributed by atoms with Crippen molar-refractivity contribution >= 4 is 22.4 Å². The summed E-state index contributed by atoms with van der Waals surface area (Å²) in [7, 11) is 0. The van der Waals surface area contributed by atoms with Crippen LogP contribution >= 0.6 is 0 Å². The second-order valence-corrected chi connectivity index (χ2v) is 8.43. The third-order valence-corrected chi connectivity index (χ3v) is 6.08. The molecule has 5 rings (SSSR count). The van der Waals surface area contributed by atoms with E-state index in [-0.39, 0.29) is 17.9 Å². The molecule has 0 spiro atoms. The summed E-state index contributed by atoms with van der Waals surface area (Å²) in [6, 6.07) is 12.4. The molecule has 0 aliphatic carbocycles. The summed E-state index contributed by atoms with van der Waals surface area (Å²) < 4.78 is 5.46. The van der Waals surface area contributed by atoms with Crippen LogP contribution in [0.1, 0.15) is 17.2 Å². The number of H-pyrrole nitrogens is 2. The highest BCUT2D eigenvalue weighted by Gasteiger charge is 2.18. The van der Waals surface area contributed by atoms with Crippen molar-refractivity contribution in [3.63, 3.8) is 0 Å². The highest BCUT2D eigenvalue weighted by molar-refractivity contribution is 5.87. The lowest BCUT2D eigenvalue weighted by Crippen LogP contribution is -2.36. The van der Waals surface area contributed by atoms with E-state index in [0.717, 1.165) is 35.4 Å². The first-order chi connectivity index (χ1) is 16.5. The highest BCUT2D eigenvalue weighted by Crippen LogP contribution is 2.30. The molecule has 0 amide bonds. The standard InChI is InChI=1S/C25H27N5O4/c1-15-11-17(30-7-9-34-10-8-30)13-20-23(15)29-24(28-20)22-19(5-6-26-25(22)33)27-14-21(32)16-3-2-4-18(31)12-16/h2-6,11-13,21,31-32H,7-10,14H2,1H3,(H,28,29)(H2,26,27,33)/t21-/m1/s1. The van der Waals surface area contributed by atoms with Crippen LogP contribution in [0.4, 0.5) is 11.4 Å². The van der Waals surface area contributed by atoms with Crippen LogP contribution in [0.3, 0.4) is 0 Å². The van der Waals surface area contributed by atoms with Crippen molar-refractivity contribution in [2.45, 2.75) is 13.0 Å². The molecule has 1 saturated heterocycles. The van der Waals surface area contributed by atoms with Crippen LogP contribution in [0.2, 0.25) is 0 Å². The van der Waals surface area contributed by atoms with Crippen LogP contribution < -0.4 is 15.8 Å². The number of nitrogens with one attached hydrogen (secondary N) is 3. The predicted molar refractivity (Wildman–Crippen MR) is 131 cm³/mol. The maximum Gasteiger partial charge on any atom is 0.261 e. The molecular weight excluding hydrogens is 434 g/mol. The monoisotopic (exact) mass is 461 g/mol. The first-order valence-electron chi connectivity index (χ1n) is 11.3. The van der Waals surface area contributed by atoms with Gasteiger partial charge in [-0.05, 0) is 48.4 Å². The minimum Gasteiger partial charge on any atom is -0.508 e. The number of aliphatic hydroxyl groups is 1. The molecule has 176 valence electrons. The average Bonchev–Trinajstić information content (AvgIpc) is 3.27. The average molecular weight is 462 g/mol. The fourth-order valence-corrected chi connectivity index (χ4v) is 4.31. The zero-order chi connectivity index (χ0) is 23.7. The Morgan fingerprint density at radius 1 is 1.21 bits per heavy atom. The van der Waals surface area contributed by atoms with Crippen LogP contribution in [0.5, 0.6) is 5.75 Å². The molecule has 1 aliphatic heterocycles. The summed E-state index contributed by atoms with van der Waals surface area (Å²) in [6.07, 6.45) is 0.688. The Hall–Kier alpha value is -3.82. The molecule has 9 nitrogen and oxygen atoms in total. The molecule has 1 atom stereocenters. The van der Waals surface area contributed by atoms with Gasteiger partial charge in [0.15, 0.2) is 0 Å². The van der Waals surface area contributed by atoms with Gasteiger partial charge in [0.25, 0.3) is 5.56 Å². The van der Waals surface area contributed by atoms with Crippen molar-refractivity contribution in [2.75, 3.05) is 43.1 Å². The molecule has 1 aliphatic rings. The van der Waals surface area contributed by atoms with E-state index in [0.29, 0.717) is 35.9 Å². The highest BCUT2D eigenvalue weighted by atomic mass is 16.5. The normalized spacial score (nSPS) is 14.9. The smallest absolute Gasteiger partial charge is 0.261 e. The van der Waals surface area contributed by atoms with E-state index in [9.17, 15) is 15.0 Å². The summed E-state index contributed by atoms with van der Waals surface area (Å²) in [5, 5.41) is 23.4. The third kappa shape index (κ3) is 4.35. The van der Waals surface area contributed by atoms with Gasteiger partial charge in [-0.3, -0.25) is 4.79 Å². The molecule has 3 heterocycles. The van der Waals surface area contributed by atoms with Crippen molar-refractivity contribution in [2.24, 2.45) is 0 Å². The minimum atomic E-state index is -0.867. The molecule has 5 N–H and O–H groups in total. The molecule has 0 bridgehead atoms. The Kier molecular flexibility index (Phi) is 5.95. The number of aromatic nitrogens is 3. The third-order valence-electron chi connectivity index (χ3n) is 6.08. The van der Waals surface area contributed by atoms with Crippen molar-refractivity contribution in [3.05, 3.63) is 70.1 Å². The van der Waals surface area contributed by atoms with Crippen LogP contribution in [0.25, 0.3) is 22.4 Å². The Bertz CT molecular complexity index is 1370. The molecule has 0 radical (unpaired) electrons. The first kappa shape index (κ1) is 22.0. The van der Waals surface area contributed by atoms with E-state index in [2.05, 4.69) is 32.3 Å². The zero-order valence-electron chi connectivity index (χ0n) is 18.8. The van der Waals surface area contributed by atoms with Gasteiger partial charge in [0, 0.05) is 31.5 Å². The number of aromatic hydroxyl groups is 1. The fourth-order valence-electron chi connectivity index (χ4n) is 4.31. The van der Waals surface area contributed by atoms with Crippen molar-refractivity contribution in [1.29, 1.82) is 0 Å². The number of fused-ring (bicyclic) bond motifs is 1. The van der Waals surface area contributed by atoms with Crippen molar-refractivity contribution in [1.82, 2.24) is 15.0 Å². The quantitative estimate of drug-likeness (QED) is 0.299. The Morgan fingerprint density at radius 3 is 2.82 bits per heavy atom. The number of phenolic OH excluding ortho intramolecular Hbond substituents is 1. The van der Waals surface area contributed by atoms with E-state index in [1.165, 1.54) is 6.07 Å². The van der Waals surface area contributed by atoms with Gasteiger partial charge in [0.1, 0.15) is 17.1 Å². The van der Waals surface area contributed by atoms with Gasteiger partial charge < -0.3 is 35.1 Å². The number of rotatable bonds is 6. The fraction of sp³-hybridized carbons (Fsp3) is 0.280. The number of aromatic amines is 2. The first-order valence-corrected chi connectivity index (χ1v) is 11.3. The SMILES string of the molecule is Cc1cc(N2CCOCC2)cc2[nH]c(-c3c(NC[C@@H](O)c4cccc(O)c4)cc[nH]c3=O)nc12. The van der Waals surface area contributed by atoms with Crippen molar-refractivity contribution < 1.29 is 14.9 Å². The topological polar surface area (TPSA) is 126 Å². The minimum absolute atomic E-state index is 0.0856. The number of nitrogens with zero attached hydrogens (tertiary/aromatic N) is 2. The largest absolute Gasteiger partial charge is 0.508 e. The summed E-state index contributed by atoms with van der Waals surface area (Å²) in [5.74, 6) is 0.538. The number of anilines is 2. The van der Waals surface area contributed by atoms with Gasteiger partial charge in [0.2, 0.25) is 0 Å². The maximum absolute atomic E-state index is 12.8. The van der Waals surface area contributed by atoms with E-state index in [1.54, 1.807) is 30.5 Å². The lowest BCUT2D eigenvalue weighted by molar-refractivity contribution is 0.122. The molecule has 9 heteroatoms. The molecular formula is C25H27N5O4. The number of phenols is 1. The van der Waals surface area contributed by atoms with Crippen LogP contribution in [-0.4, -0.2) is 58.0 Å². The van der Waals surface area contributed by atoms with Gasteiger partial charge in [-0.25, -0.2) is 4.98 Å². The molecule has 2 aromatic heterocycles. The molecule has 2 aromatic carbocycles. The van der Waals surface area contributed by atoms with Gasteiger partial charge in [0.05, 0.1) is 36.0 Å². The van der Waals surface area contributed by atoms with Crippen LogP contribution in [0, 0.1) is 6.92 Å². The number of aryl methyl sites for hydroxylation is 1. The number of morpholine rings is 1. The second-order valence-electron chi connectivity index (χ2n) is 8.43. The number of imidazole rings is 1. The Balaban J connectivity index is 1.46. The van der Waals surface area contributed by atoms with Gasteiger partial charge in [-0.2, -0.15) is 0 Å². The molecule has 0 saturated carbocycles. The number of aliphatic hydroxyl groups excluding tert-OH is 1. The van der Waals surface area contributed by atoms with E-state index in [4.69, 9.17) is 9.72 Å². The molecule has 34 heavy (non-hydrogen) atoms. The number of hydrogen-bond donors (Lipinski definition) is 5. The van der Waals surface area contributed by atoms with Gasteiger partial charge >= 0.3 is 0 Å². The van der Waals surface area contributed by atoms with E-state index >= 15 is 0 Å². The van der Waals surface area contributed by atoms with Gasteiger partial charge in [-0.1, -0.05) is 12.1 Å². The summed E-state index contributed by atoms with van der Waals surface area (Å²) in [5.41, 5.74) is 4.98. The summed E-state index contributed by atoms with van der Waals surface area (Å²) in [6.45, 7) is 5.24. The lowest BCUT2D eigenvalue weighted by atomic mass is 10.1. The molecule has 4 aromatic rings. The summed E-state index contributed by atoms with van der Waals surface area (Å²) in [4.78, 5) is 25.8. The Labute approximate surface area is 196 Å². The van der Waals surface area contributed by atoms with Gasteiger partial charge in [-0.15, -0.1) is 0 Å². The zero-order valence-corrected chi connectivity index (χ0v) is 18.8. The predicted octanol–water partition coefficient (Wildman–Crippen LogP) is 2.91. The maximum atomic E-state index is 12.8. The number of pyridine rings is 1. The number of hydrogen-bond acceptors (Lipinski definition) is 7. The Morgan fingerprint density at radius 2 is 2.03 bits per heavy atom. The molecule has 1 fully saturated rings. The lowest BCUT2D eigenvalue weighted by Gasteiger charge is -2.29. The van der Waals surface area contributed by atoms with Crippen molar-refractivity contribution in [3.8, 4) is 17.1 Å².